The van der Waals surface area contributed by atoms with Crippen molar-refractivity contribution in [2.24, 2.45) is 5.92 Å². The highest BCUT2D eigenvalue weighted by atomic mass is 16.9. The summed E-state index contributed by atoms with van der Waals surface area (Å²) in [4.78, 5) is 2.56. The lowest BCUT2D eigenvalue weighted by atomic mass is 9.66. The van der Waals surface area contributed by atoms with Crippen molar-refractivity contribution in [1.29, 1.82) is 0 Å². The Balaban J connectivity index is 2.37. The van der Waals surface area contributed by atoms with Crippen molar-refractivity contribution in [3.8, 4) is 0 Å². The predicted molar refractivity (Wildman–Crippen MR) is 73.3 cm³/mol. The first-order valence-corrected chi connectivity index (χ1v) is 7.33. The van der Waals surface area contributed by atoms with Crippen molar-refractivity contribution in [3.05, 3.63) is 0 Å². The number of likely N-dealkylation sites (tertiary alicyclic amines) is 1. The molecule has 0 saturated carbocycles. The number of hydrogen-bond acceptors (Lipinski definition) is 3. The maximum Gasteiger partial charge on any atom is 0.180 e. The zero-order valence-corrected chi connectivity index (χ0v) is 13.0. The third-order valence-electron chi connectivity index (χ3n) is 6.00. The van der Waals surface area contributed by atoms with Gasteiger partial charge in [0.25, 0.3) is 0 Å². The molecule has 2 rings (SSSR count). The number of hydrogen-bond donors (Lipinski definition) is 0. The Kier molecular flexibility index (Phi) is 3.33. The first-order chi connectivity index (χ1) is 8.24. The molecule has 0 aromatic rings. The Morgan fingerprint density at radius 3 is 2.06 bits per heavy atom. The topological polar surface area (TPSA) is 21.7 Å². The van der Waals surface area contributed by atoms with Crippen LogP contribution in [0.5, 0.6) is 0 Å². The molecule has 106 valence electrons. The maximum atomic E-state index is 6.07. The SMILES string of the molecule is CCC1(C)CC2(OC(C)O2)C(C)C(C)(CC)N1C. The second kappa shape index (κ2) is 4.19. The van der Waals surface area contributed by atoms with E-state index in [1.54, 1.807) is 0 Å². The van der Waals surface area contributed by atoms with Gasteiger partial charge in [-0.2, -0.15) is 0 Å². The third kappa shape index (κ3) is 1.67. The molecule has 0 N–H and O–H groups in total. The molecular weight excluding hydrogens is 226 g/mol. The molecule has 3 atom stereocenters. The minimum absolute atomic E-state index is 0.0435. The first-order valence-electron chi connectivity index (χ1n) is 7.33. The Morgan fingerprint density at radius 1 is 1.11 bits per heavy atom. The molecule has 2 saturated heterocycles. The minimum atomic E-state index is -0.360. The van der Waals surface area contributed by atoms with E-state index in [0.717, 1.165) is 19.3 Å². The second-order valence-electron chi connectivity index (χ2n) is 6.63. The monoisotopic (exact) mass is 255 g/mol. The Hall–Kier alpha value is -0.120. The van der Waals surface area contributed by atoms with Crippen LogP contribution < -0.4 is 0 Å². The van der Waals surface area contributed by atoms with Gasteiger partial charge in [-0.05, 0) is 40.7 Å². The van der Waals surface area contributed by atoms with Crippen LogP contribution in [0.2, 0.25) is 0 Å². The fourth-order valence-electron chi connectivity index (χ4n) is 3.95. The van der Waals surface area contributed by atoms with E-state index in [1.807, 2.05) is 6.92 Å². The van der Waals surface area contributed by atoms with Crippen LogP contribution in [0.3, 0.4) is 0 Å². The Labute approximate surface area is 112 Å². The van der Waals surface area contributed by atoms with Gasteiger partial charge in [-0.15, -0.1) is 0 Å². The van der Waals surface area contributed by atoms with Crippen molar-refractivity contribution in [1.82, 2.24) is 4.90 Å². The molecule has 2 heterocycles. The van der Waals surface area contributed by atoms with E-state index in [0.29, 0.717) is 5.92 Å². The molecule has 0 aromatic heterocycles. The van der Waals surface area contributed by atoms with Crippen molar-refractivity contribution in [2.75, 3.05) is 7.05 Å². The third-order valence-corrected chi connectivity index (χ3v) is 6.00. The lowest BCUT2D eigenvalue weighted by molar-refractivity contribution is -0.486. The van der Waals surface area contributed by atoms with Gasteiger partial charge in [0.1, 0.15) is 0 Å². The van der Waals surface area contributed by atoms with Gasteiger partial charge in [-0.1, -0.05) is 20.8 Å². The molecule has 1 spiro atoms. The van der Waals surface area contributed by atoms with Crippen LogP contribution in [0.25, 0.3) is 0 Å². The van der Waals surface area contributed by atoms with Gasteiger partial charge in [0.2, 0.25) is 0 Å². The van der Waals surface area contributed by atoms with Crippen molar-refractivity contribution >= 4 is 0 Å². The zero-order chi connectivity index (χ0) is 13.8. The highest BCUT2D eigenvalue weighted by molar-refractivity contribution is 5.10. The normalized spacial score (nSPS) is 53.5. The molecule has 0 amide bonds. The van der Waals surface area contributed by atoms with Gasteiger partial charge >= 0.3 is 0 Å². The molecule has 0 bridgehead atoms. The number of rotatable bonds is 2. The summed E-state index contributed by atoms with van der Waals surface area (Å²) in [6, 6.07) is 0. The lowest BCUT2D eigenvalue weighted by Gasteiger charge is -2.66. The largest absolute Gasteiger partial charge is 0.321 e. The van der Waals surface area contributed by atoms with Crippen molar-refractivity contribution in [3.63, 3.8) is 0 Å². The number of nitrogens with zero attached hydrogens (tertiary/aromatic N) is 1. The maximum absolute atomic E-state index is 6.07. The van der Waals surface area contributed by atoms with Gasteiger partial charge < -0.3 is 9.47 Å². The van der Waals surface area contributed by atoms with Gasteiger partial charge in [-0.3, -0.25) is 4.90 Å². The van der Waals surface area contributed by atoms with Gasteiger partial charge in [0, 0.05) is 23.4 Å². The van der Waals surface area contributed by atoms with Crippen LogP contribution >= 0.6 is 0 Å². The summed E-state index contributed by atoms with van der Waals surface area (Å²) in [7, 11) is 2.26. The van der Waals surface area contributed by atoms with Crippen LogP contribution in [0.4, 0.5) is 0 Å². The van der Waals surface area contributed by atoms with E-state index < -0.39 is 0 Å². The number of piperidine rings is 1. The Morgan fingerprint density at radius 2 is 1.67 bits per heavy atom. The van der Waals surface area contributed by atoms with Crippen molar-refractivity contribution < 1.29 is 9.47 Å². The summed E-state index contributed by atoms with van der Waals surface area (Å²) in [5.74, 6) is 0.0253. The molecule has 3 nitrogen and oxygen atoms in total. The molecule has 18 heavy (non-hydrogen) atoms. The molecular formula is C15H29NO2. The molecule has 0 aromatic carbocycles. The molecule has 2 aliphatic rings. The summed E-state index contributed by atoms with van der Waals surface area (Å²) in [5.41, 5.74) is 0.278. The zero-order valence-electron chi connectivity index (χ0n) is 13.0. The highest BCUT2D eigenvalue weighted by Gasteiger charge is 2.63. The summed E-state index contributed by atoms with van der Waals surface area (Å²) < 4.78 is 12.1. The minimum Gasteiger partial charge on any atom is -0.321 e. The molecule has 0 radical (unpaired) electrons. The van der Waals surface area contributed by atoms with Crippen LogP contribution in [-0.2, 0) is 9.47 Å². The fraction of sp³-hybridized carbons (Fsp3) is 1.00. The van der Waals surface area contributed by atoms with Gasteiger partial charge in [0.15, 0.2) is 12.1 Å². The molecule has 0 aliphatic carbocycles. The van der Waals surface area contributed by atoms with Crippen LogP contribution in [-0.4, -0.2) is 35.1 Å². The van der Waals surface area contributed by atoms with Crippen LogP contribution in [0.15, 0.2) is 0 Å². The van der Waals surface area contributed by atoms with E-state index in [1.165, 1.54) is 0 Å². The first kappa shape index (κ1) is 14.3. The highest BCUT2D eigenvalue weighted by Crippen LogP contribution is 2.55. The van der Waals surface area contributed by atoms with Gasteiger partial charge in [0.05, 0.1) is 0 Å². The molecule has 3 unspecified atom stereocenters. The summed E-state index contributed by atoms with van der Waals surface area (Å²) in [6.07, 6.45) is 3.16. The molecule has 3 heteroatoms. The molecule has 2 fully saturated rings. The van der Waals surface area contributed by atoms with E-state index in [4.69, 9.17) is 9.47 Å². The summed E-state index contributed by atoms with van der Waals surface area (Å²) in [5, 5.41) is 0. The van der Waals surface area contributed by atoms with Crippen LogP contribution in [0.1, 0.15) is 60.8 Å². The average molecular weight is 255 g/mol. The van der Waals surface area contributed by atoms with E-state index in [-0.39, 0.29) is 23.2 Å². The lowest BCUT2D eigenvalue weighted by Crippen LogP contribution is -2.75. The van der Waals surface area contributed by atoms with E-state index in [9.17, 15) is 0 Å². The summed E-state index contributed by atoms with van der Waals surface area (Å²) in [6.45, 7) is 13.5. The smallest absolute Gasteiger partial charge is 0.180 e. The quantitative estimate of drug-likeness (QED) is 0.755. The van der Waals surface area contributed by atoms with Crippen molar-refractivity contribution in [2.45, 2.75) is 84.0 Å². The van der Waals surface area contributed by atoms with Gasteiger partial charge in [-0.25, -0.2) is 0 Å². The Bertz CT molecular complexity index is 326. The van der Waals surface area contributed by atoms with Crippen LogP contribution in [0, 0.1) is 5.92 Å². The molecule has 2 aliphatic heterocycles. The van der Waals surface area contributed by atoms with E-state index in [2.05, 4.69) is 46.6 Å². The fourth-order valence-corrected chi connectivity index (χ4v) is 3.95. The second-order valence-corrected chi connectivity index (χ2v) is 6.63. The number of ether oxygens (including phenoxy) is 2. The summed E-state index contributed by atoms with van der Waals surface area (Å²) >= 11 is 0. The predicted octanol–water partition coefficient (Wildman–Crippen LogP) is 3.38. The van der Waals surface area contributed by atoms with E-state index >= 15 is 0 Å². The average Bonchev–Trinajstić information content (AvgIpc) is 2.32. The standard InChI is InChI=1S/C15H29NO2/c1-8-13(5)10-15(17-12(4)18-15)11(3)14(6,9-2)16(13)7/h11-12H,8-10H2,1-7H3.